The Morgan fingerprint density at radius 2 is 2.20 bits per heavy atom. The molecule has 2 heterocycles. The third kappa shape index (κ3) is 3.80. The Kier molecular flexibility index (Phi) is 5.59. The van der Waals surface area contributed by atoms with Crippen molar-refractivity contribution in [3.8, 4) is 0 Å². The largest absolute Gasteiger partial charge is 0.338 e. The van der Waals surface area contributed by atoms with Crippen molar-refractivity contribution in [2.24, 2.45) is 5.92 Å². The lowest BCUT2D eigenvalue weighted by Crippen LogP contribution is -2.57. The van der Waals surface area contributed by atoms with Crippen LogP contribution in [0.2, 0.25) is 5.02 Å². The number of halogens is 2. The van der Waals surface area contributed by atoms with E-state index < -0.39 is 5.82 Å². The van der Waals surface area contributed by atoms with Crippen LogP contribution >= 0.6 is 11.6 Å². The zero-order valence-electron chi connectivity index (χ0n) is 14.3. The normalized spacial score (nSPS) is 23.6. The van der Waals surface area contributed by atoms with Gasteiger partial charge in [0.05, 0.1) is 10.6 Å². The summed E-state index contributed by atoms with van der Waals surface area (Å²) >= 11 is 6.07. The lowest BCUT2D eigenvalue weighted by Gasteiger charge is -2.47. The molecule has 2 atom stereocenters. The number of benzene rings is 1. The summed E-state index contributed by atoms with van der Waals surface area (Å²) in [5.74, 6) is -0.241. The van der Waals surface area contributed by atoms with Crippen LogP contribution in [-0.2, 0) is 4.79 Å². The summed E-state index contributed by atoms with van der Waals surface area (Å²) in [6.45, 7) is 2.59. The predicted molar refractivity (Wildman–Crippen MR) is 94.1 cm³/mol. The Morgan fingerprint density at radius 1 is 1.40 bits per heavy atom. The first-order chi connectivity index (χ1) is 12.0. The van der Waals surface area contributed by atoms with Crippen molar-refractivity contribution in [2.45, 2.75) is 25.3 Å². The fraction of sp³-hybridized carbons (Fsp3) is 0.556. The van der Waals surface area contributed by atoms with Crippen LogP contribution in [0.1, 0.15) is 29.6 Å². The van der Waals surface area contributed by atoms with Gasteiger partial charge >= 0.3 is 0 Å². The topological polar surface area (TPSA) is 52.7 Å². The molecule has 0 bridgehead atoms. The highest BCUT2D eigenvalue weighted by molar-refractivity contribution is 6.33. The average Bonchev–Trinajstić information content (AvgIpc) is 2.62. The van der Waals surface area contributed by atoms with Gasteiger partial charge in [-0.1, -0.05) is 11.6 Å². The highest BCUT2D eigenvalue weighted by Gasteiger charge is 2.40. The van der Waals surface area contributed by atoms with E-state index >= 15 is 0 Å². The summed E-state index contributed by atoms with van der Waals surface area (Å²) in [5.41, 5.74) is 0.207. The zero-order chi connectivity index (χ0) is 18.0. The number of piperidine rings is 2. The van der Waals surface area contributed by atoms with Gasteiger partial charge in [-0.25, -0.2) is 4.39 Å². The first-order valence-electron chi connectivity index (χ1n) is 8.69. The Morgan fingerprint density at radius 3 is 2.96 bits per heavy atom. The quantitative estimate of drug-likeness (QED) is 0.887. The van der Waals surface area contributed by atoms with Crippen LogP contribution in [0, 0.1) is 11.7 Å². The number of likely N-dealkylation sites (tertiary alicyclic amines) is 2. The average molecular weight is 368 g/mol. The van der Waals surface area contributed by atoms with E-state index in [1.54, 1.807) is 4.90 Å². The summed E-state index contributed by atoms with van der Waals surface area (Å²) in [7, 11) is 1.87. The molecular weight excluding hydrogens is 345 g/mol. The minimum Gasteiger partial charge on any atom is -0.338 e. The highest BCUT2D eigenvalue weighted by atomic mass is 35.5. The maximum absolute atomic E-state index is 13.5. The van der Waals surface area contributed by atoms with Crippen molar-refractivity contribution in [3.05, 3.63) is 34.6 Å². The fourth-order valence-corrected chi connectivity index (χ4v) is 4.09. The molecule has 0 aliphatic carbocycles. The third-order valence-corrected chi connectivity index (χ3v) is 5.52. The summed E-state index contributed by atoms with van der Waals surface area (Å²) in [6, 6.07) is 4.04. The number of amides is 2. The number of nitrogens with one attached hydrogen (secondary N) is 1. The van der Waals surface area contributed by atoms with Gasteiger partial charge in [0.1, 0.15) is 5.82 Å². The van der Waals surface area contributed by atoms with Gasteiger partial charge in [-0.15, -0.1) is 0 Å². The van der Waals surface area contributed by atoms with Crippen LogP contribution in [0.4, 0.5) is 4.39 Å². The molecule has 0 unspecified atom stereocenters. The molecule has 0 saturated carbocycles. The number of rotatable bonds is 4. The van der Waals surface area contributed by atoms with E-state index in [2.05, 4.69) is 5.32 Å². The number of carbonyl (C=O) groups is 2. The fourth-order valence-electron chi connectivity index (χ4n) is 3.89. The molecule has 2 aliphatic heterocycles. The second kappa shape index (κ2) is 7.70. The van der Waals surface area contributed by atoms with Gasteiger partial charge in [0, 0.05) is 38.6 Å². The number of likely N-dealkylation sites (N-methyl/N-ethyl adjacent to an activating group) is 1. The van der Waals surface area contributed by atoms with E-state index in [4.69, 9.17) is 11.6 Å². The first kappa shape index (κ1) is 18.1. The molecule has 7 heteroatoms. The first-order valence-corrected chi connectivity index (χ1v) is 9.07. The van der Waals surface area contributed by atoms with Crippen molar-refractivity contribution in [1.29, 1.82) is 0 Å². The molecule has 136 valence electrons. The van der Waals surface area contributed by atoms with Crippen molar-refractivity contribution in [3.63, 3.8) is 0 Å². The molecule has 2 saturated heterocycles. The van der Waals surface area contributed by atoms with Crippen molar-refractivity contribution in [1.82, 2.24) is 15.1 Å². The van der Waals surface area contributed by atoms with Gasteiger partial charge in [-0.2, -0.15) is 0 Å². The SMILES string of the molecule is CNCCN1C(=O)CC[C@H]2CN(C(=O)c3cc(F)ccc3Cl)CC[C@H]21. The van der Waals surface area contributed by atoms with E-state index in [9.17, 15) is 14.0 Å². The molecule has 25 heavy (non-hydrogen) atoms. The monoisotopic (exact) mass is 367 g/mol. The molecule has 5 nitrogen and oxygen atoms in total. The molecule has 2 fully saturated rings. The van der Waals surface area contributed by atoms with E-state index in [1.807, 2.05) is 11.9 Å². The minimum absolute atomic E-state index is 0.182. The van der Waals surface area contributed by atoms with Crippen LogP contribution in [0.15, 0.2) is 18.2 Å². The summed E-state index contributed by atoms with van der Waals surface area (Å²) in [6.07, 6.45) is 2.06. The summed E-state index contributed by atoms with van der Waals surface area (Å²) < 4.78 is 13.5. The molecule has 1 aromatic carbocycles. The second-order valence-corrected chi connectivity index (χ2v) is 7.13. The molecule has 0 spiro atoms. The number of fused-ring (bicyclic) bond motifs is 1. The molecule has 3 rings (SSSR count). The number of nitrogens with zero attached hydrogens (tertiary/aromatic N) is 2. The lowest BCUT2D eigenvalue weighted by molar-refractivity contribution is -0.140. The molecule has 0 radical (unpaired) electrons. The second-order valence-electron chi connectivity index (χ2n) is 6.72. The van der Waals surface area contributed by atoms with E-state index in [1.165, 1.54) is 18.2 Å². The zero-order valence-corrected chi connectivity index (χ0v) is 15.1. The maximum Gasteiger partial charge on any atom is 0.255 e. The van der Waals surface area contributed by atoms with Crippen LogP contribution in [0.3, 0.4) is 0 Å². The Labute approximate surface area is 152 Å². The van der Waals surface area contributed by atoms with Gasteiger partial charge in [-0.3, -0.25) is 9.59 Å². The Hall–Kier alpha value is -1.66. The Balaban J connectivity index is 1.71. The van der Waals surface area contributed by atoms with Crippen LogP contribution in [0.25, 0.3) is 0 Å². The molecule has 2 amide bonds. The van der Waals surface area contributed by atoms with Crippen molar-refractivity contribution >= 4 is 23.4 Å². The van der Waals surface area contributed by atoms with Gasteiger partial charge in [0.15, 0.2) is 0 Å². The maximum atomic E-state index is 13.5. The standard InChI is InChI=1S/C18H23ClFN3O2/c1-21-7-9-23-16-6-8-22(11-12(16)2-5-17(23)24)18(25)14-10-13(20)3-4-15(14)19/h3-4,10,12,16,21H,2,5-9,11H2,1H3/t12-,16+/m0/s1. The summed E-state index contributed by atoms with van der Waals surface area (Å²) in [4.78, 5) is 28.7. The van der Waals surface area contributed by atoms with Crippen LogP contribution in [0.5, 0.6) is 0 Å². The molecule has 1 aromatic rings. The smallest absolute Gasteiger partial charge is 0.255 e. The van der Waals surface area contributed by atoms with Gasteiger partial charge in [0.25, 0.3) is 5.91 Å². The number of hydrogen-bond donors (Lipinski definition) is 1. The van der Waals surface area contributed by atoms with Crippen LogP contribution < -0.4 is 5.32 Å². The lowest BCUT2D eigenvalue weighted by atomic mass is 9.83. The van der Waals surface area contributed by atoms with Crippen molar-refractivity contribution in [2.75, 3.05) is 33.2 Å². The molecular formula is C18H23ClFN3O2. The molecule has 0 aromatic heterocycles. The van der Waals surface area contributed by atoms with E-state index in [-0.39, 0.29) is 34.4 Å². The number of hydrogen-bond acceptors (Lipinski definition) is 3. The molecule has 2 aliphatic rings. The highest BCUT2D eigenvalue weighted by Crippen LogP contribution is 2.32. The van der Waals surface area contributed by atoms with Crippen LogP contribution in [-0.4, -0.2) is 60.9 Å². The van der Waals surface area contributed by atoms with E-state index in [0.29, 0.717) is 26.1 Å². The summed E-state index contributed by atoms with van der Waals surface area (Å²) in [5, 5.41) is 3.35. The van der Waals surface area contributed by atoms with E-state index in [0.717, 1.165) is 19.4 Å². The van der Waals surface area contributed by atoms with Gasteiger partial charge in [0.2, 0.25) is 5.91 Å². The van der Waals surface area contributed by atoms with Gasteiger partial charge in [-0.05, 0) is 44.0 Å². The number of carbonyl (C=O) groups excluding carboxylic acids is 2. The van der Waals surface area contributed by atoms with Crippen molar-refractivity contribution < 1.29 is 14.0 Å². The minimum atomic E-state index is -0.468. The predicted octanol–water partition coefficient (Wildman–Crippen LogP) is 2.15. The Bertz CT molecular complexity index is 670. The molecule has 1 N–H and O–H groups in total. The third-order valence-electron chi connectivity index (χ3n) is 5.19. The van der Waals surface area contributed by atoms with Gasteiger partial charge < -0.3 is 15.1 Å².